The average molecular weight is 402 g/mol. The first-order valence-electron chi connectivity index (χ1n) is 9.26. The molecule has 0 bridgehead atoms. The normalized spacial score (nSPS) is 13.1. The number of amides is 1. The van der Waals surface area contributed by atoms with Gasteiger partial charge in [-0.2, -0.15) is 0 Å². The summed E-state index contributed by atoms with van der Waals surface area (Å²) in [6.45, 7) is 1.31. The van der Waals surface area contributed by atoms with Crippen molar-refractivity contribution in [3.05, 3.63) is 47.8 Å². The molecule has 0 aliphatic carbocycles. The van der Waals surface area contributed by atoms with E-state index in [0.717, 1.165) is 25.9 Å². The highest BCUT2D eigenvalue weighted by molar-refractivity contribution is 6.06. The van der Waals surface area contributed by atoms with Gasteiger partial charge in [0.1, 0.15) is 11.5 Å². The van der Waals surface area contributed by atoms with Crippen LogP contribution in [-0.4, -0.2) is 45.8 Å². The van der Waals surface area contributed by atoms with Gasteiger partial charge in [-0.05, 0) is 43.2 Å². The number of para-hydroxylation sites is 1. The van der Waals surface area contributed by atoms with E-state index in [2.05, 4.69) is 15.0 Å². The Hall–Kier alpha value is -3.29. The fourth-order valence-corrected chi connectivity index (χ4v) is 3.17. The second-order valence-corrected chi connectivity index (χ2v) is 6.51. The van der Waals surface area contributed by atoms with Crippen LogP contribution in [0.4, 0.5) is 15.8 Å². The molecule has 0 radical (unpaired) electrons. The van der Waals surface area contributed by atoms with Crippen molar-refractivity contribution in [3.8, 4) is 11.5 Å². The lowest BCUT2D eigenvalue weighted by Gasteiger charge is -2.22. The fraction of sp³-hybridized carbons (Fsp3) is 0.333. The van der Waals surface area contributed by atoms with Crippen molar-refractivity contribution >= 4 is 23.3 Å². The Bertz CT molecular complexity index is 897. The molecule has 2 aromatic carbocycles. The Morgan fingerprint density at radius 3 is 2.55 bits per heavy atom. The Labute approximate surface area is 168 Å². The van der Waals surface area contributed by atoms with Crippen LogP contribution < -0.4 is 19.7 Å². The lowest BCUT2D eigenvalue weighted by atomic mass is 10.1. The number of halogens is 1. The number of methoxy groups -OCH3 is 2. The number of ether oxygens (including phenoxy) is 3. The largest absolute Gasteiger partial charge is 0.493 e. The number of carbonyl (C=O) groups excluding carboxylic acids is 2. The van der Waals surface area contributed by atoms with Crippen molar-refractivity contribution in [1.29, 1.82) is 0 Å². The maximum absolute atomic E-state index is 14.5. The van der Waals surface area contributed by atoms with Crippen LogP contribution in [0.25, 0.3) is 0 Å². The second-order valence-electron chi connectivity index (χ2n) is 6.51. The number of esters is 1. The molecule has 3 rings (SSSR count). The molecule has 0 saturated carbocycles. The zero-order valence-electron chi connectivity index (χ0n) is 16.4. The predicted molar refractivity (Wildman–Crippen MR) is 106 cm³/mol. The monoisotopic (exact) mass is 402 g/mol. The van der Waals surface area contributed by atoms with E-state index in [1.165, 1.54) is 32.4 Å². The summed E-state index contributed by atoms with van der Waals surface area (Å²) in [7, 11) is 2.70. The Kier molecular flexibility index (Phi) is 6.54. The highest BCUT2D eigenvalue weighted by Gasteiger charge is 2.21. The number of rotatable bonds is 7. The Morgan fingerprint density at radius 2 is 1.86 bits per heavy atom. The third kappa shape index (κ3) is 4.77. The smallest absolute Gasteiger partial charge is 0.343 e. The van der Waals surface area contributed by atoms with Gasteiger partial charge in [-0.25, -0.2) is 9.18 Å². The van der Waals surface area contributed by atoms with Crippen LogP contribution in [-0.2, 0) is 9.53 Å². The summed E-state index contributed by atoms with van der Waals surface area (Å²) >= 11 is 0. The van der Waals surface area contributed by atoms with Crippen LogP contribution in [0, 0.1) is 5.82 Å². The standard InChI is InChI=1S/C21H23FN2O5/c1-27-17-9-8-14(12-18(17)29-13-19(25)28-2)21(26)23-20-15(22)6-5-7-16(20)24-10-3-4-11-24/h5-9,12H,3-4,10-11,13H2,1-2H3,(H,23,26). The molecule has 7 nitrogen and oxygen atoms in total. The van der Waals surface area contributed by atoms with Gasteiger partial charge in [0.05, 0.1) is 19.9 Å². The summed E-state index contributed by atoms with van der Waals surface area (Å²) < 4.78 is 29.6. The summed E-state index contributed by atoms with van der Waals surface area (Å²) in [5.74, 6) is -1.00. The van der Waals surface area contributed by atoms with E-state index >= 15 is 0 Å². The number of hydrogen-bond donors (Lipinski definition) is 1. The van der Waals surface area contributed by atoms with Gasteiger partial charge < -0.3 is 24.4 Å². The highest BCUT2D eigenvalue weighted by Crippen LogP contribution is 2.33. The zero-order chi connectivity index (χ0) is 20.8. The number of carbonyl (C=O) groups is 2. The third-order valence-electron chi connectivity index (χ3n) is 4.68. The van der Waals surface area contributed by atoms with Gasteiger partial charge in [0, 0.05) is 18.7 Å². The minimum Gasteiger partial charge on any atom is -0.493 e. The van der Waals surface area contributed by atoms with Crippen molar-refractivity contribution in [3.63, 3.8) is 0 Å². The number of nitrogens with one attached hydrogen (secondary N) is 1. The molecule has 1 N–H and O–H groups in total. The minimum absolute atomic E-state index is 0.146. The Balaban J connectivity index is 1.83. The van der Waals surface area contributed by atoms with Gasteiger partial charge in [0.25, 0.3) is 5.91 Å². The molecular formula is C21H23FN2O5. The number of nitrogens with zero attached hydrogens (tertiary/aromatic N) is 1. The molecule has 0 atom stereocenters. The van der Waals surface area contributed by atoms with Gasteiger partial charge >= 0.3 is 5.97 Å². The van der Waals surface area contributed by atoms with Crippen molar-refractivity contribution in [2.45, 2.75) is 12.8 Å². The minimum atomic E-state index is -0.566. The average Bonchev–Trinajstić information content (AvgIpc) is 3.27. The van der Waals surface area contributed by atoms with E-state index in [9.17, 15) is 14.0 Å². The third-order valence-corrected chi connectivity index (χ3v) is 4.68. The summed E-state index contributed by atoms with van der Waals surface area (Å²) in [5.41, 5.74) is 1.04. The molecule has 154 valence electrons. The summed E-state index contributed by atoms with van der Waals surface area (Å²) in [6, 6.07) is 9.26. The maximum atomic E-state index is 14.5. The van der Waals surface area contributed by atoms with Gasteiger partial charge in [0.2, 0.25) is 0 Å². The van der Waals surface area contributed by atoms with Gasteiger partial charge in [-0.15, -0.1) is 0 Å². The molecule has 0 aromatic heterocycles. The van der Waals surface area contributed by atoms with Crippen molar-refractivity contribution in [2.24, 2.45) is 0 Å². The van der Waals surface area contributed by atoms with Crippen LogP contribution in [0.5, 0.6) is 11.5 Å². The van der Waals surface area contributed by atoms with Crippen molar-refractivity contribution in [1.82, 2.24) is 0 Å². The van der Waals surface area contributed by atoms with Crippen LogP contribution in [0.3, 0.4) is 0 Å². The molecule has 8 heteroatoms. The number of benzene rings is 2. The molecule has 1 saturated heterocycles. The first kappa shape index (κ1) is 20.4. The molecule has 1 fully saturated rings. The fourth-order valence-electron chi connectivity index (χ4n) is 3.17. The molecule has 29 heavy (non-hydrogen) atoms. The van der Waals surface area contributed by atoms with E-state index < -0.39 is 17.7 Å². The Morgan fingerprint density at radius 1 is 1.10 bits per heavy atom. The predicted octanol–water partition coefficient (Wildman–Crippen LogP) is 3.24. The van der Waals surface area contributed by atoms with Crippen molar-refractivity contribution in [2.75, 3.05) is 44.1 Å². The molecule has 1 heterocycles. The lowest BCUT2D eigenvalue weighted by Crippen LogP contribution is -2.22. The van der Waals surface area contributed by atoms with E-state index in [1.807, 2.05) is 0 Å². The molecule has 1 amide bonds. The zero-order valence-corrected chi connectivity index (χ0v) is 16.4. The molecule has 0 spiro atoms. The molecular weight excluding hydrogens is 379 g/mol. The van der Waals surface area contributed by atoms with Crippen LogP contribution >= 0.6 is 0 Å². The second kappa shape index (κ2) is 9.27. The molecule has 1 aliphatic heterocycles. The van der Waals surface area contributed by atoms with Crippen LogP contribution in [0.15, 0.2) is 36.4 Å². The number of hydrogen-bond acceptors (Lipinski definition) is 6. The highest BCUT2D eigenvalue weighted by atomic mass is 19.1. The van der Waals surface area contributed by atoms with E-state index in [0.29, 0.717) is 11.4 Å². The lowest BCUT2D eigenvalue weighted by molar-refractivity contribution is -0.142. The molecule has 2 aromatic rings. The van der Waals surface area contributed by atoms with Crippen LogP contribution in [0.2, 0.25) is 0 Å². The summed E-state index contributed by atoms with van der Waals surface area (Å²) in [6.07, 6.45) is 2.06. The van der Waals surface area contributed by atoms with Crippen molar-refractivity contribution < 1.29 is 28.2 Å². The van der Waals surface area contributed by atoms with E-state index in [4.69, 9.17) is 9.47 Å². The number of anilines is 2. The quantitative estimate of drug-likeness (QED) is 0.717. The summed E-state index contributed by atoms with van der Waals surface area (Å²) in [4.78, 5) is 26.2. The van der Waals surface area contributed by atoms with E-state index in [-0.39, 0.29) is 23.6 Å². The SMILES string of the molecule is COC(=O)COc1cc(C(=O)Nc2c(F)cccc2N2CCCC2)ccc1OC. The topological polar surface area (TPSA) is 77.1 Å². The first-order valence-corrected chi connectivity index (χ1v) is 9.26. The van der Waals surface area contributed by atoms with Gasteiger partial charge in [0.15, 0.2) is 18.1 Å². The first-order chi connectivity index (χ1) is 14.0. The van der Waals surface area contributed by atoms with Crippen LogP contribution in [0.1, 0.15) is 23.2 Å². The van der Waals surface area contributed by atoms with E-state index in [1.54, 1.807) is 18.2 Å². The van der Waals surface area contributed by atoms with Gasteiger partial charge in [-0.3, -0.25) is 4.79 Å². The van der Waals surface area contributed by atoms with Gasteiger partial charge in [-0.1, -0.05) is 6.07 Å². The molecule has 1 aliphatic rings. The maximum Gasteiger partial charge on any atom is 0.343 e. The molecule has 0 unspecified atom stereocenters. The summed E-state index contributed by atoms with van der Waals surface area (Å²) in [5, 5.41) is 2.67.